The zero-order valence-electron chi connectivity index (χ0n) is 19.3. The lowest BCUT2D eigenvalue weighted by molar-refractivity contribution is -0.306. The van der Waals surface area contributed by atoms with E-state index in [1.54, 1.807) is 0 Å². The molecule has 1 aliphatic heterocycles. The predicted octanol–water partition coefficient (Wildman–Crippen LogP) is 5.08. The highest BCUT2D eigenvalue weighted by Gasteiger charge is 2.48. The minimum Gasteiger partial charge on any atom is -0.374 e. The summed E-state index contributed by atoms with van der Waals surface area (Å²) in [6, 6.07) is 29.2. The Morgan fingerprint density at radius 3 is 1.65 bits per heavy atom. The molecule has 3 aromatic rings. The van der Waals surface area contributed by atoms with Crippen molar-refractivity contribution >= 4 is 0 Å². The average Bonchev–Trinajstić information content (AvgIpc) is 2.89. The fraction of sp³-hybridized carbons (Fsp3) is 0.357. The molecule has 0 N–H and O–H groups in total. The van der Waals surface area contributed by atoms with Gasteiger partial charge < -0.3 is 23.7 Å². The molecule has 5 atom stereocenters. The summed E-state index contributed by atoms with van der Waals surface area (Å²) >= 11 is 0. The fourth-order valence-electron chi connectivity index (χ4n) is 3.95. The molecule has 3 aromatic carbocycles. The van der Waals surface area contributed by atoms with E-state index in [1.807, 2.05) is 91.0 Å². The second-order valence-electron chi connectivity index (χ2n) is 8.25. The molecule has 0 amide bonds. The molecule has 1 fully saturated rings. The summed E-state index contributed by atoms with van der Waals surface area (Å²) in [5, 5.41) is 0. The second-order valence-corrected chi connectivity index (χ2v) is 8.25. The first kappa shape index (κ1) is 24.5. The van der Waals surface area contributed by atoms with E-state index >= 15 is 4.39 Å². The van der Waals surface area contributed by atoms with Crippen molar-refractivity contribution in [1.29, 1.82) is 0 Å². The van der Waals surface area contributed by atoms with E-state index in [0.29, 0.717) is 13.2 Å². The van der Waals surface area contributed by atoms with E-state index in [-0.39, 0.29) is 13.2 Å². The van der Waals surface area contributed by atoms with Crippen LogP contribution in [0.2, 0.25) is 0 Å². The molecule has 4 rings (SSSR count). The van der Waals surface area contributed by atoms with Gasteiger partial charge >= 0.3 is 0 Å². The zero-order valence-corrected chi connectivity index (χ0v) is 19.3. The van der Waals surface area contributed by atoms with Gasteiger partial charge in [-0.05, 0) is 16.7 Å². The topological polar surface area (TPSA) is 46.2 Å². The number of halogens is 1. The molecular weight excluding hydrogens is 435 g/mol. The van der Waals surface area contributed by atoms with E-state index in [4.69, 9.17) is 23.7 Å². The van der Waals surface area contributed by atoms with Crippen LogP contribution in [-0.2, 0) is 43.5 Å². The van der Waals surface area contributed by atoms with E-state index in [2.05, 4.69) is 0 Å². The molecule has 1 heterocycles. The highest BCUT2D eigenvalue weighted by Crippen LogP contribution is 2.30. The quantitative estimate of drug-likeness (QED) is 0.394. The molecule has 0 aliphatic carbocycles. The van der Waals surface area contributed by atoms with Crippen molar-refractivity contribution in [2.45, 2.75) is 50.6 Å². The Labute approximate surface area is 200 Å². The number of methoxy groups -OCH3 is 1. The van der Waals surface area contributed by atoms with Crippen molar-refractivity contribution in [3.05, 3.63) is 108 Å². The van der Waals surface area contributed by atoms with Crippen LogP contribution in [0.4, 0.5) is 4.39 Å². The Hall–Kier alpha value is -2.61. The maximum Gasteiger partial charge on any atom is 0.186 e. The summed E-state index contributed by atoms with van der Waals surface area (Å²) in [5.74, 6) is 0. The third-order valence-electron chi connectivity index (χ3n) is 5.77. The van der Waals surface area contributed by atoms with Crippen LogP contribution < -0.4 is 0 Å². The van der Waals surface area contributed by atoms with Crippen LogP contribution in [0.15, 0.2) is 91.0 Å². The summed E-state index contributed by atoms with van der Waals surface area (Å²) < 4.78 is 45.3. The van der Waals surface area contributed by atoms with Gasteiger partial charge in [-0.3, -0.25) is 0 Å². The summed E-state index contributed by atoms with van der Waals surface area (Å²) in [7, 11) is 1.53. The smallest absolute Gasteiger partial charge is 0.186 e. The lowest BCUT2D eigenvalue weighted by Crippen LogP contribution is -2.59. The van der Waals surface area contributed by atoms with Gasteiger partial charge in [0.2, 0.25) is 0 Å². The van der Waals surface area contributed by atoms with Crippen LogP contribution in [-0.4, -0.2) is 44.5 Å². The molecule has 1 aliphatic rings. The molecule has 1 saturated heterocycles. The van der Waals surface area contributed by atoms with Crippen molar-refractivity contribution in [2.24, 2.45) is 0 Å². The van der Waals surface area contributed by atoms with Gasteiger partial charge in [-0.2, -0.15) is 0 Å². The number of ether oxygens (including phenoxy) is 5. The summed E-state index contributed by atoms with van der Waals surface area (Å²) in [4.78, 5) is 0. The van der Waals surface area contributed by atoms with Gasteiger partial charge in [-0.25, -0.2) is 4.39 Å². The minimum absolute atomic E-state index is 0.0759. The van der Waals surface area contributed by atoms with E-state index in [1.165, 1.54) is 7.11 Å². The van der Waals surface area contributed by atoms with Crippen molar-refractivity contribution < 1.29 is 28.1 Å². The van der Waals surface area contributed by atoms with Gasteiger partial charge in [0.25, 0.3) is 0 Å². The van der Waals surface area contributed by atoms with Gasteiger partial charge in [-0.1, -0.05) is 91.0 Å². The SMILES string of the molecule is COC1O[C@H](COCc2ccccc2)[C@H](F)[C@H](OCc2ccccc2)[C@H]1OCc1ccccc1. The molecule has 0 spiro atoms. The van der Waals surface area contributed by atoms with Crippen molar-refractivity contribution in [3.8, 4) is 0 Å². The summed E-state index contributed by atoms with van der Waals surface area (Å²) in [6.45, 7) is 0.994. The molecule has 6 heteroatoms. The number of rotatable bonds is 11. The zero-order chi connectivity index (χ0) is 23.6. The average molecular weight is 467 g/mol. The highest BCUT2D eigenvalue weighted by molar-refractivity contribution is 5.15. The molecule has 0 radical (unpaired) electrons. The normalized spacial score (nSPS) is 24.7. The first-order valence-electron chi connectivity index (χ1n) is 11.5. The lowest BCUT2D eigenvalue weighted by atomic mass is 9.99. The van der Waals surface area contributed by atoms with Crippen LogP contribution in [0.3, 0.4) is 0 Å². The highest BCUT2D eigenvalue weighted by atomic mass is 19.1. The molecule has 0 bridgehead atoms. The van der Waals surface area contributed by atoms with Gasteiger partial charge in [0.15, 0.2) is 12.5 Å². The van der Waals surface area contributed by atoms with Crippen molar-refractivity contribution in [3.63, 3.8) is 0 Å². The van der Waals surface area contributed by atoms with Crippen LogP contribution in [0.1, 0.15) is 16.7 Å². The van der Waals surface area contributed by atoms with Crippen LogP contribution >= 0.6 is 0 Å². The monoisotopic (exact) mass is 466 g/mol. The van der Waals surface area contributed by atoms with Crippen LogP contribution in [0.25, 0.3) is 0 Å². The largest absolute Gasteiger partial charge is 0.374 e. The summed E-state index contributed by atoms with van der Waals surface area (Å²) in [6.07, 6.45) is -4.71. The molecule has 5 nitrogen and oxygen atoms in total. The molecule has 0 saturated carbocycles. The Bertz CT molecular complexity index is 956. The van der Waals surface area contributed by atoms with Gasteiger partial charge in [0, 0.05) is 7.11 Å². The van der Waals surface area contributed by atoms with Crippen LogP contribution in [0, 0.1) is 0 Å². The minimum atomic E-state index is -1.45. The maximum absolute atomic E-state index is 15.8. The number of hydrogen-bond acceptors (Lipinski definition) is 5. The maximum atomic E-state index is 15.8. The van der Waals surface area contributed by atoms with Gasteiger partial charge in [-0.15, -0.1) is 0 Å². The number of hydrogen-bond donors (Lipinski definition) is 0. The first-order chi connectivity index (χ1) is 16.7. The first-order valence-corrected chi connectivity index (χ1v) is 11.5. The third-order valence-corrected chi connectivity index (χ3v) is 5.77. The third kappa shape index (κ3) is 6.72. The van der Waals surface area contributed by atoms with Gasteiger partial charge in [0.1, 0.15) is 18.3 Å². The van der Waals surface area contributed by atoms with E-state index < -0.39 is 30.8 Å². The van der Waals surface area contributed by atoms with Crippen molar-refractivity contribution in [1.82, 2.24) is 0 Å². The van der Waals surface area contributed by atoms with Gasteiger partial charge in [0.05, 0.1) is 26.4 Å². The fourth-order valence-corrected chi connectivity index (χ4v) is 3.95. The Balaban J connectivity index is 1.44. The number of alkyl halides is 1. The second kappa shape index (κ2) is 12.7. The summed E-state index contributed by atoms with van der Waals surface area (Å²) in [5.41, 5.74) is 2.94. The molecule has 0 aromatic heterocycles. The Morgan fingerprint density at radius 2 is 1.15 bits per heavy atom. The van der Waals surface area contributed by atoms with E-state index in [9.17, 15) is 0 Å². The standard InChI is InChI=1S/C28H31FO5/c1-30-28-27(33-19-23-15-9-4-10-16-23)26(32-18-22-13-7-3-8-14-22)25(29)24(34-28)20-31-17-21-11-5-2-6-12-21/h2-16,24-28H,17-20H2,1H3/t24-,25+,26+,27-,28?/m1/s1. The molecule has 34 heavy (non-hydrogen) atoms. The van der Waals surface area contributed by atoms with Crippen molar-refractivity contribution in [2.75, 3.05) is 13.7 Å². The Morgan fingerprint density at radius 1 is 0.676 bits per heavy atom. The lowest BCUT2D eigenvalue weighted by Gasteiger charge is -2.42. The molecule has 1 unspecified atom stereocenters. The molecule has 180 valence electrons. The number of benzene rings is 3. The predicted molar refractivity (Wildman–Crippen MR) is 127 cm³/mol. The molecular formula is C28H31FO5. The Kier molecular flexibility index (Phi) is 9.19. The van der Waals surface area contributed by atoms with Crippen LogP contribution in [0.5, 0.6) is 0 Å². The van der Waals surface area contributed by atoms with E-state index in [0.717, 1.165) is 16.7 Å².